The predicted molar refractivity (Wildman–Crippen MR) is 81.4 cm³/mol. The smallest absolute Gasteiger partial charge is 0.410 e. The molecular formula is C17H22FNO3. The number of ether oxygens (including phenoxy) is 1. The van der Waals surface area contributed by atoms with Gasteiger partial charge < -0.3 is 9.64 Å². The van der Waals surface area contributed by atoms with E-state index < -0.39 is 17.5 Å². The van der Waals surface area contributed by atoms with E-state index in [0.29, 0.717) is 25.1 Å². The molecule has 1 aromatic carbocycles. The van der Waals surface area contributed by atoms with Gasteiger partial charge in [-0.1, -0.05) is 6.07 Å². The number of halogens is 1. The maximum absolute atomic E-state index is 13.3. The zero-order valence-electron chi connectivity index (χ0n) is 13.5. The van der Waals surface area contributed by atoms with Crippen molar-refractivity contribution in [1.82, 2.24) is 4.90 Å². The first-order valence-corrected chi connectivity index (χ1v) is 7.45. The molecular weight excluding hydrogens is 285 g/mol. The van der Waals surface area contributed by atoms with Crippen LogP contribution < -0.4 is 0 Å². The Labute approximate surface area is 130 Å². The van der Waals surface area contributed by atoms with Crippen molar-refractivity contribution in [2.45, 2.75) is 39.7 Å². The summed E-state index contributed by atoms with van der Waals surface area (Å²) >= 11 is 0. The monoisotopic (exact) mass is 307 g/mol. The first-order chi connectivity index (χ1) is 10.2. The standard InChI is InChI=1S/C17H22FNO3/c1-11-5-6-13(18)9-14(11)15(20)12-7-8-19(10-12)16(21)22-17(2,3)4/h5-6,9,12H,7-8,10H2,1-4H3. The lowest BCUT2D eigenvalue weighted by Gasteiger charge is -2.24. The predicted octanol–water partition coefficient (Wildman–Crippen LogP) is 3.57. The third kappa shape index (κ3) is 3.84. The van der Waals surface area contributed by atoms with Gasteiger partial charge in [0.05, 0.1) is 0 Å². The Hall–Kier alpha value is -1.91. The maximum atomic E-state index is 13.3. The Balaban J connectivity index is 2.05. The van der Waals surface area contributed by atoms with Crippen molar-refractivity contribution in [3.63, 3.8) is 0 Å². The Morgan fingerprint density at radius 3 is 2.64 bits per heavy atom. The van der Waals surface area contributed by atoms with E-state index in [1.165, 1.54) is 12.1 Å². The molecule has 1 amide bonds. The van der Waals surface area contributed by atoms with Crippen LogP contribution in [-0.2, 0) is 4.74 Å². The number of ketones is 1. The third-order valence-electron chi connectivity index (χ3n) is 3.68. The van der Waals surface area contributed by atoms with Gasteiger partial charge in [-0.2, -0.15) is 0 Å². The number of likely N-dealkylation sites (tertiary alicyclic amines) is 1. The molecule has 1 aliphatic heterocycles. The van der Waals surface area contributed by atoms with E-state index in [1.807, 2.05) is 0 Å². The fourth-order valence-electron chi connectivity index (χ4n) is 2.55. The van der Waals surface area contributed by atoms with Crippen LogP contribution in [-0.4, -0.2) is 35.5 Å². The molecule has 1 unspecified atom stereocenters. The lowest BCUT2D eigenvalue weighted by Crippen LogP contribution is -2.35. The highest BCUT2D eigenvalue weighted by atomic mass is 19.1. The molecule has 1 fully saturated rings. The van der Waals surface area contributed by atoms with Gasteiger partial charge in [-0.05, 0) is 51.8 Å². The van der Waals surface area contributed by atoms with Crippen molar-refractivity contribution < 1.29 is 18.7 Å². The van der Waals surface area contributed by atoms with E-state index >= 15 is 0 Å². The molecule has 0 saturated carbocycles. The molecule has 4 nitrogen and oxygen atoms in total. The van der Waals surface area contributed by atoms with Crippen LogP contribution in [0, 0.1) is 18.7 Å². The topological polar surface area (TPSA) is 46.6 Å². The molecule has 1 atom stereocenters. The van der Waals surface area contributed by atoms with Crippen LogP contribution >= 0.6 is 0 Å². The highest BCUT2D eigenvalue weighted by Crippen LogP contribution is 2.24. The third-order valence-corrected chi connectivity index (χ3v) is 3.68. The number of nitrogens with zero attached hydrogens (tertiary/aromatic N) is 1. The van der Waals surface area contributed by atoms with Crippen LogP contribution in [0.5, 0.6) is 0 Å². The highest BCUT2D eigenvalue weighted by Gasteiger charge is 2.34. The van der Waals surface area contributed by atoms with Crippen molar-refractivity contribution in [3.05, 3.63) is 35.1 Å². The van der Waals surface area contributed by atoms with Crippen molar-refractivity contribution in [2.75, 3.05) is 13.1 Å². The van der Waals surface area contributed by atoms with E-state index in [4.69, 9.17) is 4.74 Å². The van der Waals surface area contributed by atoms with Crippen LogP contribution in [0.1, 0.15) is 43.1 Å². The Kier molecular flexibility index (Phi) is 4.54. The molecule has 2 rings (SSSR count). The second kappa shape index (κ2) is 6.07. The minimum absolute atomic E-state index is 0.108. The molecule has 5 heteroatoms. The number of amides is 1. The fraction of sp³-hybridized carbons (Fsp3) is 0.529. The molecule has 0 radical (unpaired) electrons. The summed E-state index contributed by atoms with van der Waals surface area (Å²) in [5, 5.41) is 0. The summed E-state index contributed by atoms with van der Waals surface area (Å²) in [4.78, 5) is 26.1. The summed E-state index contributed by atoms with van der Waals surface area (Å²) in [6.07, 6.45) is 0.173. The first-order valence-electron chi connectivity index (χ1n) is 7.45. The molecule has 120 valence electrons. The summed E-state index contributed by atoms with van der Waals surface area (Å²) in [6, 6.07) is 4.21. The zero-order valence-corrected chi connectivity index (χ0v) is 13.5. The molecule has 1 heterocycles. The first kappa shape index (κ1) is 16.5. The van der Waals surface area contributed by atoms with Gasteiger partial charge in [0.2, 0.25) is 0 Å². The number of rotatable bonds is 2. The lowest BCUT2D eigenvalue weighted by atomic mass is 9.94. The van der Waals surface area contributed by atoms with Crippen LogP contribution in [0.25, 0.3) is 0 Å². The van der Waals surface area contributed by atoms with E-state index in [-0.39, 0.29) is 11.7 Å². The summed E-state index contributed by atoms with van der Waals surface area (Å²) in [5.74, 6) is -0.827. The van der Waals surface area contributed by atoms with Gasteiger partial charge >= 0.3 is 6.09 Å². The van der Waals surface area contributed by atoms with Gasteiger partial charge in [0.25, 0.3) is 0 Å². The average Bonchev–Trinajstić information content (AvgIpc) is 2.88. The number of Topliss-reactive ketones (excluding diaryl/α,β-unsaturated/α-hetero) is 1. The minimum atomic E-state index is -0.557. The van der Waals surface area contributed by atoms with Gasteiger partial charge in [0.1, 0.15) is 11.4 Å². The van der Waals surface area contributed by atoms with Gasteiger partial charge in [-0.3, -0.25) is 4.79 Å². The average molecular weight is 307 g/mol. The SMILES string of the molecule is Cc1ccc(F)cc1C(=O)C1CCN(C(=O)OC(C)(C)C)C1. The van der Waals surface area contributed by atoms with Gasteiger partial charge in [-0.25, -0.2) is 9.18 Å². The van der Waals surface area contributed by atoms with Gasteiger partial charge in [0.15, 0.2) is 5.78 Å². The minimum Gasteiger partial charge on any atom is -0.444 e. The number of hydrogen-bond acceptors (Lipinski definition) is 3. The molecule has 1 aliphatic rings. The van der Waals surface area contributed by atoms with E-state index in [2.05, 4.69) is 0 Å². The van der Waals surface area contributed by atoms with E-state index in [1.54, 1.807) is 38.7 Å². The Morgan fingerprint density at radius 2 is 2.00 bits per heavy atom. The molecule has 0 spiro atoms. The van der Waals surface area contributed by atoms with Crippen LogP contribution in [0.15, 0.2) is 18.2 Å². The molecule has 0 bridgehead atoms. The number of hydrogen-bond donors (Lipinski definition) is 0. The lowest BCUT2D eigenvalue weighted by molar-refractivity contribution is 0.0289. The van der Waals surface area contributed by atoms with E-state index in [0.717, 1.165) is 5.56 Å². The van der Waals surface area contributed by atoms with Gasteiger partial charge in [-0.15, -0.1) is 0 Å². The van der Waals surface area contributed by atoms with Crippen molar-refractivity contribution in [1.29, 1.82) is 0 Å². The van der Waals surface area contributed by atoms with Gasteiger partial charge in [0, 0.05) is 24.6 Å². The molecule has 1 aromatic rings. The normalized spacial score (nSPS) is 18.4. The Morgan fingerprint density at radius 1 is 1.32 bits per heavy atom. The quantitative estimate of drug-likeness (QED) is 0.785. The highest BCUT2D eigenvalue weighted by molar-refractivity contribution is 5.99. The van der Waals surface area contributed by atoms with Crippen molar-refractivity contribution >= 4 is 11.9 Å². The summed E-state index contributed by atoms with van der Waals surface area (Å²) in [5.41, 5.74) is 0.594. The summed E-state index contributed by atoms with van der Waals surface area (Å²) < 4.78 is 18.7. The summed E-state index contributed by atoms with van der Waals surface area (Å²) in [6.45, 7) is 8.01. The zero-order chi connectivity index (χ0) is 16.5. The second-order valence-electron chi connectivity index (χ2n) is 6.74. The largest absolute Gasteiger partial charge is 0.444 e. The van der Waals surface area contributed by atoms with E-state index in [9.17, 15) is 14.0 Å². The summed E-state index contributed by atoms with van der Waals surface area (Å²) in [7, 11) is 0. The number of carbonyl (C=O) groups is 2. The van der Waals surface area contributed by atoms with Crippen molar-refractivity contribution in [2.24, 2.45) is 5.92 Å². The molecule has 22 heavy (non-hydrogen) atoms. The van der Waals surface area contributed by atoms with Crippen molar-refractivity contribution in [3.8, 4) is 0 Å². The second-order valence-corrected chi connectivity index (χ2v) is 6.74. The number of carbonyl (C=O) groups excluding carboxylic acids is 2. The fourth-order valence-corrected chi connectivity index (χ4v) is 2.55. The van der Waals surface area contributed by atoms with Crippen LogP contribution in [0.4, 0.5) is 9.18 Å². The molecule has 0 aliphatic carbocycles. The number of aryl methyl sites for hydroxylation is 1. The Bertz CT molecular complexity index is 592. The maximum Gasteiger partial charge on any atom is 0.410 e. The molecule has 0 N–H and O–H groups in total. The number of benzene rings is 1. The molecule has 1 saturated heterocycles. The van der Waals surface area contributed by atoms with Crippen LogP contribution in [0.2, 0.25) is 0 Å². The van der Waals surface area contributed by atoms with Crippen LogP contribution in [0.3, 0.4) is 0 Å². The molecule has 0 aromatic heterocycles.